The first kappa shape index (κ1) is 19.0. The minimum atomic E-state index is -0.0716. The summed E-state index contributed by atoms with van der Waals surface area (Å²) in [7, 11) is 0. The molecule has 0 radical (unpaired) electrons. The van der Waals surface area contributed by atoms with Gasteiger partial charge in [0, 0.05) is 6.54 Å². The highest BCUT2D eigenvalue weighted by atomic mass is 127. The second kappa shape index (κ2) is 10.6. The van der Waals surface area contributed by atoms with Crippen LogP contribution in [0.15, 0.2) is 60.7 Å². The van der Waals surface area contributed by atoms with Crippen LogP contribution >= 0.6 is 35.7 Å². The van der Waals surface area contributed by atoms with E-state index in [-0.39, 0.29) is 30.1 Å². The molecule has 0 spiro atoms. The fourth-order valence-electron chi connectivity index (χ4n) is 2.05. The standard InChI is InChI=1S/C17H20N2OS.HI/c1-21-17(18)19-12-13-20-16(14-8-4-2-5-9-14)15-10-6-3-7-11-15;/h2-11,16H,12-13H2,1H3,(H2,18,19);1H. The Morgan fingerprint density at radius 2 is 1.55 bits per heavy atom. The van der Waals surface area contributed by atoms with Crippen molar-refractivity contribution in [3.8, 4) is 0 Å². The molecule has 0 aliphatic carbocycles. The fraction of sp³-hybridized carbons (Fsp3) is 0.235. The number of halogens is 1. The van der Waals surface area contributed by atoms with Crippen molar-refractivity contribution in [2.75, 3.05) is 19.4 Å². The maximum atomic E-state index is 7.55. The average molecular weight is 428 g/mol. The molecule has 0 saturated carbocycles. The largest absolute Gasteiger partial charge is 0.367 e. The van der Waals surface area contributed by atoms with Crippen molar-refractivity contribution >= 4 is 40.9 Å². The van der Waals surface area contributed by atoms with Crippen LogP contribution in [-0.2, 0) is 4.74 Å². The molecule has 2 rings (SSSR count). The molecule has 0 amide bonds. The zero-order valence-electron chi connectivity index (χ0n) is 12.5. The van der Waals surface area contributed by atoms with E-state index in [9.17, 15) is 0 Å². The molecular weight excluding hydrogens is 407 g/mol. The molecule has 0 saturated heterocycles. The van der Waals surface area contributed by atoms with Crippen LogP contribution in [0.2, 0.25) is 0 Å². The highest BCUT2D eigenvalue weighted by molar-refractivity contribution is 14.0. The van der Waals surface area contributed by atoms with Gasteiger partial charge < -0.3 is 10.1 Å². The molecule has 0 aliphatic rings. The molecule has 2 N–H and O–H groups in total. The fourth-order valence-corrected chi connectivity index (χ4v) is 2.30. The van der Waals surface area contributed by atoms with Gasteiger partial charge in [-0.05, 0) is 17.4 Å². The van der Waals surface area contributed by atoms with Crippen LogP contribution in [0, 0.1) is 5.41 Å². The van der Waals surface area contributed by atoms with E-state index in [1.165, 1.54) is 11.8 Å². The third-order valence-electron chi connectivity index (χ3n) is 3.08. The second-order valence-electron chi connectivity index (χ2n) is 4.53. The minimum absolute atomic E-state index is 0. The van der Waals surface area contributed by atoms with E-state index >= 15 is 0 Å². The van der Waals surface area contributed by atoms with Crippen LogP contribution in [0.3, 0.4) is 0 Å². The van der Waals surface area contributed by atoms with Gasteiger partial charge in [0.15, 0.2) is 5.17 Å². The number of benzene rings is 2. The quantitative estimate of drug-likeness (QED) is 0.312. The van der Waals surface area contributed by atoms with Gasteiger partial charge in [-0.15, -0.1) is 24.0 Å². The summed E-state index contributed by atoms with van der Waals surface area (Å²) >= 11 is 1.39. The molecule has 118 valence electrons. The van der Waals surface area contributed by atoms with Gasteiger partial charge in [-0.1, -0.05) is 72.4 Å². The van der Waals surface area contributed by atoms with Crippen LogP contribution in [0.5, 0.6) is 0 Å². The van der Waals surface area contributed by atoms with Crippen molar-refractivity contribution < 1.29 is 4.74 Å². The van der Waals surface area contributed by atoms with Gasteiger partial charge in [-0.2, -0.15) is 0 Å². The van der Waals surface area contributed by atoms with E-state index in [0.717, 1.165) is 11.1 Å². The van der Waals surface area contributed by atoms with Crippen molar-refractivity contribution in [3.05, 3.63) is 71.8 Å². The van der Waals surface area contributed by atoms with Gasteiger partial charge in [0.1, 0.15) is 6.10 Å². The zero-order valence-corrected chi connectivity index (χ0v) is 15.6. The summed E-state index contributed by atoms with van der Waals surface area (Å²) in [5.41, 5.74) is 2.28. The van der Waals surface area contributed by atoms with Crippen LogP contribution in [-0.4, -0.2) is 24.6 Å². The molecule has 0 aliphatic heterocycles. The summed E-state index contributed by atoms with van der Waals surface area (Å²) < 4.78 is 6.04. The summed E-state index contributed by atoms with van der Waals surface area (Å²) in [6.07, 6.45) is 1.81. The Morgan fingerprint density at radius 1 is 1.05 bits per heavy atom. The van der Waals surface area contributed by atoms with Crippen LogP contribution in [0.4, 0.5) is 0 Å². The molecule has 0 unspecified atom stereocenters. The zero-order chi connectivity index (χ0) is 14.9. The summed E-state index contributed by atoms with van der Waals surface area (Å²) in [5, 5.41) is 11.0. The molecule has 3 nitrogen and oxygen atoms in total. The lowest BCUT2D eigenvalue weighted by Gasteiger charge is -2.19. The molecular formula is C17H21IN2OS. The topological polar surface area (TPSA) is 45.1 Å². The summed E-state index contributed by atoms with van der Waals surface area (Å²) in [6.45, 7) is 1.19. The third kappa shape index (κ3) is 5.98. The van der Waals surface area contributed by atoms with E-state index in [1.807, 2.05) is 42.7 Å². The molecule has 2 aromatic rings. The number of hydrogen-bond acceptors (Lipinski definition) is 3. The van der Waals surface area contributed by atoms with Gasteiger partial charge in [0.25, 0.3) is 0 Å². The molecule has 0 atom stereocenters. The average Bonchev–Trinajstić information content (AvgIpc) is 2.56. The van der Waals surface area contributed by atoms with Gasteiger partial charge in [0.05, 0.1) is 6.61 Å². The Morgan fingerprint density at radius 3 is 2.00 bits per heavy atom. The van der Waals surface area contributed by atoms with Gasteiger partial charge in [0.2, 0.25) is 0 Å². The van der Waals surface area contributed by atoms with Crippen LogP contribution in [0.25, 0.3) is 0 Å². The van der Waals surface area contributed by atoms with Crippen molar-refractivity contribution in [1.29, 1.82) is 5.41 Å². The van der Waals surface area contributed by atoms with Crippen molar-refractivity contribution in [1.82, 2.24) is 5.32 Å². The van der Waals surface area contributed by atoms with E-state index in [4.69, 9.17) is 10.1 Å². The number of hydrogen-bond donors (Lipinski definition) is 2. The van der Waals surface area contributed by atoms with E-state index in [2.05, 4.69) is 29.6 Å². The summed E-state index contributed by atoms with van der Waals surface area (Å²) in [5.74, 6) is 0. The van der Waals surface area contributed by atoms with Crippen LogP contribution < -0.4 is 5.32 Å². The van der Waals surface area contributed by atoms with Crippen molar-refractivity contribution in [3.63, 3.8) is 0 Å². The van der Waals surface area contributed by atoms with Crippen molar-refractivity contribution in [2.45, 2.75) is 6.10 Å². The maximum Gasteiger partial charge on any atom is 0.153 e. The summed E-state index contributed by atoms with van der Waals surface area (Å²) in [4.78, 5) is 0. The lowest BCUT2D eigenvalue weighted by Crippen LogP contribution is -2.24. The molecule has 0 fully saturated rings. The minimum Gasteiger partial charge on any atom is -0.367 e. The Labute approximate surface area is 153 Å². The molecule has 0 heterocycles. The molecule has 22 heavy (non-hydrogen) atoms. The first-order chi connectivity index (χ1) is 10.3. The van der Waals surface area contributed by atoms with E-state index < -0.39 is 0 Å². The molecule has 5 heteroatoms. The highest BCUT2D eigenvalue weighted by Crippen LogP contribution is 2.25. The lowest BCUT2D eigenvalue weighted by atomic mass is 10.0. The predicted molar refractivity (Wildman–Crippen MR) is 105 cm³/mol. The monoisotopic (exact) mass is 428 g/mol. The number of nitrogens with one attached hydrogen (secondary N) is 2. The van der Waals surface area contributed by atoms with E-state index in [1.54, 1.807) is 0 Å². The number of rotatable bonds is 6. The van der Waals surface area contributed by atoms with E-state index in [0.29, 0.717) is 18.3 Å². The summed E-state index contributed by atoms with van der Waals surface area (Å²) in [6, 6.07) is 20.4. The molecule has 0 bridgehead atoms. The molecule has 0 aromatic heterocycles. The maximum absolute atomic E-state index is 7.55. The Bertz CT molecular complexity index is 512. The smallest absolute Gasteiger partial charge is 0.153 e. The van der Waals surface area contributed by atoms with Crippen molar-refractivity contribution in [2.24, 2.45) is 0 Å². The lowest BCUT2D eigenvalue weighted by molar-refractivity contribution is 0.0844. The first-order valence-electron chi connectivity index (χ1n) is 6.89. The number of amidine groups is 1. The molecule has 2 aromatic carbocycles. The SMILES string of the molecule is CSC(=N)NCCOC(c1ccccc1)c1ccccc1.I. The number of ether oxygens (including phenoxy) is 1. The van der Waals surface area contributed by atoms with Gasteiger partial charge >= 0.3 is 0 Å². The van der Waals surface area contributed by atoms with Gasteiger partial charge in [-0.3, -0.25) is 5.41 Å². The Balaban J connectivity index is 0.00000242. The van der Waals surface area contributed by atoms with Gasteiger partial charge in [-0.25, -0.2) is 0 Å². The first-order valence-corrected chi connectivity index (χ1v) is 8.11. The Hall–Kier alpha value is -1.05. The third-order valence-corrected chi connectivity index (χ3v) is 3.63. The number of thioether (sulfide) groups is 1. The highest BCUT2D eigenvalue weighted by Gasteiger charge is 2.13. The van der Waals surface area contributed by atoms with Crippen LogP contribution in [0.1, 0.15) is 17.2 Å². The Kier molecular flexibility index (Phi) is 9.19. The normalized spacial score (nSPS) is 10.1. The second-order valence-corrected chi connectivity index (χ2v) is 5.35. The predicted octanol–water partition coefficient (Wildman–Crippen LogP) is 4.30.